The number of carbonyl (C=O) groups is 1. The summed E-state index contributed by atoms with van der Waals surface area (Å²) < 4.78 is 0. The number of amides is 1. The number of rotatable bonds is 7. The molecule has 3 N–H and O–H groups in total. The lowest BCUT2D eigenvalue weighted by molar-refractivity contribution is -0.120. The average molecular weight is 431 g/mol. The lowest BCUT2D eigenvalue weighted by Gasteiger charge is -2.03. The minimum absolute atomic E-state index is 0. The van der Waals surface area contributed by atoms with Crippen LogP contribution in [0.3, 0.4) is 0 Å². The second kappa shape index (κ2) is 11.9. The summed E-state index contributed by atoms with van der Waals surface area (Å²) in [5.41, 5.74) is 6.97. The third-order valence-corrected chi connectivity index (χ3v) is 4.48. The number of nitrogens with two attached hydrogens (primary N) is 1. The molecule has 9 heteroatoms. The third-order valence-electron chi connectivity index (χ3n) is 3.01. The van der Waals surface area contributed by atoms with Crippen LogP contribution in [0.1, 0.15) is 18.5 Å². The van der Waals surface area contributed by atoms with Crippen LogP contribution in [-0.2, 0) is 11.2 Å². The first-order valence-electron chi connectivity index (χ1n) is 6.96. The van der Waals surface area contributed by atoms with E-state index in [1.807, 2.05) is 11.4 Å². The Balaban J connectivity index is 0.00000264. The molecule has 134 valence electrons. The van der Waals surface area contributed by atoms with Gasteiger partial charge < -0.3 is 11.1 Å². The van der Waals surface area contributed by atoms with Crippen LogP contribution < -0.4 is 11.1 Å². The van der Waals surface area contributed by atoms with Crippen molar-refractivity contribution in [1.29, 1.82) is 0 Å². The van der Waals surface area contributed by atoms with Crippen LogP contribution in [0.4, 0.5) is 0 Å². The Hall–Kier alpha value is -0.560. The van der Waals surface area contributed by atoms with Crippen molar-refractivity contribution in [3.05, 3.63) is 39.3 Å². The van der Waals surface area contributed by atoms with Crippen LogP contribution in [0, 0.1) is 0 Å². The molecular weight excluding hydrogens is 412 g/mol. The number of aromatic nitrogens is 1. The monoisotopic (exact) mass is 429 g/mol. The number of halogens is 4. The van der Waals surface area contributed by atoms with Crippen molar-refractivity contribution in [3.8, 4) is 10.6 Å². The van der Waals surface area contributed by atoms with Crippen LogP contribution in [0.5, 0.6) is 0 Å². The van der Waals surface area contributed by atoms with Crippen molar-refractivity contribution in [3.63, 3.8) is 0 Å². The predicted octanol–water partition coefficient (Wildman–Crippen LogP) is 4.36. The molecule has 0 radical (unpaired) electrons. The van der Waals surface area contributed by atoms with Gasteiger partial charge in [0, 0.05) is 22.5 Å². The van der Waals surface area contributed by atoms with Crippen molar-refractivity contribution in [2.75, 3.05) is 13.1 Å². The van der Waals surface area contributed by atoms with Crippen molar-refractivity contribution in [1.82, 2.24) is 10.3 Å². The molecule has 24 heavy (non-hydrogen) atoms. The molecule has 0 aliphatic carbocycles. The fraction of sp³-hybridized carbons (Fsp3) is 0.333. The van der Waals surface area contributed by atoms with E-state index in [-0.39, 0.29) is 37.1 Å². The molecular formula is C15H19Cl4N3OS. The molecule has 0 unspecified atom stereocenters. The molecule has 0 aliphatic heterocycles. The van der Waals surface area contributed by atoms with Gasteiger partial charge in [-0.1, -0.05) is 23.2 Å². The topological polar surface area (TPSA) is 68.0 Å². The standard InChI is InChI=1S/C15H17Cl2N3OS.2ClH/c16-10-3-4-12(13(17)7-10)15-20-11(9-22-15)8-14(21)19-6-2-1-5-18;;/h3-4,7,9H,1-2,5-6,8,18H2,(H,19,21);2*1H. The lowest BCUT2D eigenvalue weighted by atomic mass is 10.2. The number of hydrogen-bond acceptors (Lipinski definition) is 4. The molecule has 2 rings (SSSR count). The SMILES string of the molecule is Cl.Cl.NCCCCNC(=O)Cc1csc(-c2ccc(Cl)cc2Cl)n1. The van der Waals surface area contributed by atoms with E-state index in [4.69, 9.17) is 28.9 Å². The van der Waals surface area contributed by atoms with Gasteiger partial charge in [0.25, 0.3) is 0 Å². The summed E-state index contributed by atoms with van der Waals surface area (Å²) in [5, 5.41) is 6.66. The normalized spacial score (nSPS) is 9.79. The van der Waals surface area contributed by atoms with Crippen molar-refractivity contribution in [2.24, 2.45) is 5.73 Å². The zero-order valence-electron chi connectivity index (χ0n) is 12.8. The molecule has 0 bridgehead atoms. The Labute approximate surface area is 168 Å². The van der Waals surface area contributed by atoms with Crippen LogP contribution in [-0.4, -0.2) is 24.0 Å². The second-order valence-electron chi connectivity index (χ2n) is 4.79. The van der Waals surface area contributed by atoms with Crippen molar-refractivity contribution in [2.45, 2.75) is 19.3 Å². The van der Waals surface area contributed by atoms with Crippen LogP contribution in [0.25, 0.3) is 10.6 Å². The molecule has 0 saturated carbocycles. The van der Waals surface area contributed by atoms with E-state index in [9.17, 15) is 4.79 Å². The number of carbonyl (C=O) groups excluding carboxylic acids is 1. The summed E-state index contributed by atoms with van der Waals surface area (Å²) in [7, 11) is 0. The number of nitrogens with zero attached hydrogens (tertiary/aromatic N) is 1. The highest BCUT2D eigenvalue weighted by Gasteiger charge is 2.11. The molecule has 1 aromatic heterocycles. The van der Waals surface area contributed by atoms with Gasteiger partial charge in [0.2, 0.25) is 5.91 Å². The molecule has 2 aromatic rings. The summed E-state index contributed by atoms with van der Waals surface area (Å²) in [6.45, 7) is 1.29. The summed E-state index contributed by atoms with van der Waals surface area (Å²) in [6.07, 6.45) is 2.07. The predicted molar refractivity (Wildman–Crippen MR) is 107 cm³/mol. The van der Waals surface area contributed by atoms with Crippen LogP contribution in [0.15, 0.2) is 23.6 Å². The van der Waals surface area contributed by atoms with Gasteiger partial charge in [-0.3, -0.25) is 4.79 Å². The number of benzene rings is 1. The first-order chi connectivity index (χ1) is 10.6. The van der Waals surface area contributed by atoms with Gasteiger partial charge >= 0.3 is 0 Å². The average Bonchev–Trinajstić information content (AvgIpc) is 2.92. The molecule has 1 amide bonds. The van der Waals surface area contributed by atoms with Gasteiger partial charge in [0.15, 0.2) is 0 Å². The molecule has 0 spiro atoms. The number of nitrogens with one attached hydrogen (secondary N) is 1. The van der Waals surface area contributed by atoms with E-state index in [1.165, 1.54) is 11.3 Å². The van der Waals surface area contributed by atoms with E-state index < -0.39 is 0 Å². The molecule has 0 atom stereocenters. The van der Waals surface area contributed by atoms with E-state index >= 15 is 0 Å². The molecule has 4 nitrogen and oxygen atoms in total. The van der Waals surface area contributed by atoms with Gasteiger partial charge in [-0.05, 0) is 37.6 Å². The fourth-order valence-electron chi connectivity index (χ4n) is 1.90. The maximum atomic E-state index is 11.8. The minimum Gasteiger partial charge on any atom is -0.356 e. The Kier molecular flexibility index (Phi) is 11.6. The first-order valence-corrected chi connectivity index (χ1v) is 8.60. The van der Waals surface area contributed by atoms with Crippen molar-refractivity contribution < 1.29 is 4.79 Å². The smallest absolute Gasteiger partial charge is 0.226 e. The first kappa shape index (κ1) is 23.4. The number of thiazole rings is 1. The van der Waals surface area contributed by atoms with Crippen LogP contribution >= 0.6 is 59.4 Å². The zero-order valence-corrected chi connectivity index (χ0v) is 16.7. The Morgan fingerprint density at radius 2 is 2.00 bits per heavy atom. The van der Waals surface area contributed by atoms with Gasteiger partial charge in [-0.25, -0.2) is 4.98 Å². The fourth-order valence-corrected chi connectivity index (χ4v) is 3.31. The Bertz CT molecular complexity index is 651. The molecule has 0 fully saturated rings. The maximum Gasteiger partial charge on any atom is 0.226 e. The van der Waals surface area contributed by atoms with E-state index in [1.54, 1.807) is 12.1 Å². The highest BCUT2D eigenvalue weighted by molar-refractivity contribution is 7.13. The Morgan fingerprint density at radius 1 is 1.25 bits per heavy atom. The largest absolute Gasteiger partial charge is 0.356 e. The zero-order chi connectivity index (χ0) is 15.9. The van der Waals surface area contributed by atoms with Crippen molar-refractivity contribution >= 4 is 65.3 Å². The van der Waals surface area contributed by atoms with Gasteiger partial charge in [-0.2, -0.15) is 0 Å². The summed E-state index contributed by atoms with van der Waals surface area (Å²) >= 11 is 13.5. The van der Waals surface area contributed by atoms with Gasteiger partial charge in [0.05, 0.1) is 17.1 Å². The van der Waals surface area contributed by atoms with E-state index in [0.717, 1.165) is 29.1 Å². The lowest BCUT2D eigenvalue weighted by Crippen LogP contribution is -2.26. The third kappa shape index (κ3) is 7.13. The summed E-state index contributed by atoms with van der Waals surface area (Å²) in [6, 6.07) is 5.29. The van der Waals surface area contributed by atoms with E-state index in [2.05, 4.69) is 10.3 Å². The molecule has 1 heterocycles. The number of unbranched alkanes of at least 4 members (excludes halogenated alkanes) is 1. The minimum atomic E-state index is -0.0314. The Morgan fingerprint density at radius 3 is 2.67 bits per heavy atom. The number of hydrogen-bond donors (Lipinski definition) is 2. The molecule has 0 aliphatic rings. The quantitative estimate of drug-likeness (QED) is 0.641. The van der Waals surface area contributed by atoms with Crippen LogP contribution in [0.2, 0.25) is 10.0 Å². The molecule has 0 saturated heterocycles. The highest BCUT2D eigenvalue weighted by Crippen LogP contribution is 2.32. The highest BCUT2D eigenvalue weighted by atomic mass is 35.5. The van der Waals surface area contributed by atoms with Gasteiger partial charge in [-0.15, -0.1) is 36.2 Å². The summed E-state index contributed by atoms with van der Waals surface area (Å²) in [4.78, 5) is 16.3. The maximum absolute atomic E-state index is 11.8. The second-order valence-corrected chi connectivity index (χ2v) is 6.49. The van der Waals surface area contributed by atoms with Gasteiger partial charge in [0.1, 0.15) is 5.01 Å². The molecule has 1 aromatic carbocycles. The van der Waals surface area contributed by atoms with E-state index in [0.29, 0.717) is 23.1 Å². The summed E-state index contributed by atoms with van der Waals surface area (Å²) in [5.74, 6) is -0.0314.